The monoisotopic (exact) mass is 249 g/mol. The van der Waals surface area contributed by atoms with Crippen LogP contribution in [0.5, 0.6) is 0 Å². The summed E-state index contributed by atoms with van der Waals surface area (Å²) in [4.78, 5) is 15.8. The van der Waals surface area contributed by atoms with E-state index in [1.54, 1.807) is 0 Å². The standard InChI is InChI=1S/C14H23N3O/c1-4-17(5-2)14(18)11-16(3)10-12-6-8-13(15)9-7-12/h6-9H,4-5,10-11,15H2,1-3H3. The van der Waals surface area contributed by atoms with Crippen LogP contribution in [0.1, 0.15) is 19.4 Å². The molecule has 4 nitrogen and oxygen atoms in total. The fraction of sp³-hybridized carbons (Fsp3) is 0.500. The van der Waals surface area contributed by atoms with Gasteiger partial charge < -0.3 is 10.6 Å². The van der Waals surface area contributed by atoms with Gasteiger partial charge in [0.2, 0.25) is 5.91 Å². The molecular weight excluding hydrogens is 226 g/mol. The van der Waals surface area contributed by atoms with Gasteiger partial charge in [-0.2, -0.15) is 0 Å². The molecule has 100 valence electrons. The summed E-state index contributed by atoms with van der Waals surface area (Å²) in [6.45, 7) is 6.75. The number of nitrogen functional groups attached to an aromatic ring is 1. The van der Waals surface area contributed by atoms with Crippen molar-refractivity contribution in [3.05, 3.63) is 29.8 Å². The first-order valence-electron chi connectivity index (χ1n) is 6.37. The first-order chi connectivity index (χ1) is 8.56. The number of anilines is 1. The molecule has 0 fully saturated rings. The molecule has 4 heteroatoms. The fourth-order valence-electron chi connectivity index (χ4n) is 1.90. The van der Waals surface area contributed by atoms with Crippen LogP contribution in [0.2, 0.25) is 0 Å². The zero-order valence-electron chi connectivity index (χ0n) is 11.5. The molecule has 0 spiro atoms. The minimum Gasteiger partial charge on any atom is -0.399 e. The number of hydrogen-bond acceptors (Lipinski definition) is 3. The Hall–Kier alpha value is -1.55. The van der Waals surface area contributed by atoms with Gasteiger partial charge in [-0.3, -0.25) is 9.69 Å². The lowest BCUT2D eigenvalue weighted by Crippen LogP contribution is -2.38. The number of hydrogen-bond donors (Lipinski definition) is 1. The average molecular weight is 249 g/mol. The quantitative estimate of drug-likeness (QED) is 0.779. The number of rotatable bonds is 6. The molecule has 1 aromatic carbocycles. The van der Waals surface area contributed by atoms with Crippen LogP contribution in [0.3, 0.4) is 0 Å². The number of likely N-dealkylation sites (N-methyl/N-ethyl adjacent to an activating group) is 2. The molecule has 0 aliphatic heterocycles. The molecule has 0 aromatic heterocycles. The van der Waals surface area contributed by atoms with Crippen LogP contribution in [-0.4, -0.2) is 42.4 Å². The summed E-state index contributed by atoms with van der Waals surface area (Å²) in [6.07, 6.45) is 0. The normalized spacial score (nSPS) is 10.7. The lowest BCUT2D eigenvalue weighted by atomic mass is 10.2. The zero-order valence-corrected chi connectivity index (χ0v) is 11.5. The van der Waals surface area contributed by atoms with Crippen molar-refractivity contribution < 1.29 is 4.79 Å². The maximum atomic E-state index is 11.9. The second kappa shape index (κ2) is 7.01. The highest BCUT2D eigenvalue weighted by molar-refractivity contribution is 5.78. The Balaban J connectivity index is 2.48. The van der Waals surface area contributed by atoms with Gasteiger partial charge in [-0.25, -0.2) is 0 Å². The highest BCUT2D eigenvalue weighted by atomic mass is 16.2. The summed E-state index contributed by atoms with van der Waals surface area (Å²) in [5, 5.41) is 0. The molecule has 1 rings (SSSR count). The van der Waals surface area contributed by atoms with Crippen molar-refractivity contribution in [1.29, 1.82) is 0 Å². The maximum Gasteiger partial charge on any atom is 0.236 e. The molecule has 2 N–H and O–H groups in total. The van der Waals surface area contributed by atoms with Gasteiger partial charge >= 0.3 is 0 Å². The van der Waals surface area contributed by atoms with Gasteiger partial charge in [0.25, 0.3) is 0 Å². The maximum absolute atomic E-state index is 11.9. The van der Waals surface area contributed by atoms with Gasteiger partial charge in [-0.05, 0) is 38.6 Å². The van der Waals surface area contributed by atoms with Gasteiger partial charge in [0.05, 0.1) is 6.54 Å². The smallest absolute Gasteiger partial charge is 0.236 e. The summed E-state index contributed by atoms with van der Waals surface area (Å²) >= 11 is 0. The predicted molar refractivity (Wildman–Crippen MR) is 75.1 cm³/mol. The first kappa shape index (κ1) is 14.5. The van der Waals surface area contributed by atoms with Crippen molar-refractivity contribution in [3.63, 3.8) is 0 Å². The minimum absolute atomic E-state index is 0.179. The third-order valence-corrected chi connectivity index (χ3v) is 2.95. The predicted octanol–water partition coefficient (Wildman–Crippen LogP) is 1.57. The summed E-state index contributed by atoms with van der Waals surface area (Å²) in [6, 6.07) is 7.76. The van der Waals surface area contributed by atoms with Crippen molar-refractivity contribution >= 4 is 11.6 Å². The van der Waals surface area contributed by atoms with E-state index in [9.17, 15) is 4.79 Å². The molecule has 0 unspecified atom stereocenters. The zero-order chi connectivity index (χ0) is 13.5. The molecule has 0 heterocycles. The molecular formula is C14H23N3O. The SMILES string of the molecule is CCN(CC)C(=O)CN(C)Cc1ccc(N)cc1. The van der Waals surface area contributed by atoms with Crippen LogP contribution in [-0.2, 0) is 11.3 Å². The van der Waals surface area contributed by atoms with Crippen molar-refractivity contribution in [2.45, 2.75) is 20.4 Å². The van der Waals surface area contributed by atoms with Crippen molar-refractivity contribution in [1.82, 2.24) is 9.80 Å². The van der Waals surface area contributed by atoms with Crippen LogP contribution in [0.25, 0.3) is 0 Å². The number of nitrogens with zero attached hydrogens (tertiary/aromatic N) is 2. The number of benzene rings is 1. The number of amides is 1. The molecule has 0 aliphatic carbocycles. The lowest BCUT2D eigenvalue weighted by molar-refractivity contribution is -0.131. The summed E-state index contributed by atoms with van der Waals surface area (Å²) in [5.74, 6) is 0.179. The molecule has 0 saturated carbocycles. The van der Waals surface area contributed by atoms with Crippen molar-refractivity contribution in [3.8, 4) is 0 Å². The Kier molecular flexibility index (Phi) is 5.65. The van der Waals surface area contributed by atoms with Gasteiger partial charge in [-0.15, -0.1) is 0 Å². The van der Waals surface area contributed by atoms with Crippen LogP contribution >= 0.6 is 0 Å². The Labute approximate surface area is 109 Å². The van der Waals surface area contributed by atoms with Crippen molar-refractivity contribution in [2.75, 3.05) is 32.4 Å². The molecule has 0 saturated heterocycles. The largest absolute Gasteiger partial charge is 0.399 e. The third-order valence-electron chi connectivity index (χ3n) is 2.95. The third kappa shape index (κ3) is 4.37. The molecule has 1 amide bonds. The first-order valence-corrected chi connectivity index (χ1v) is 6.37. The van der Waals surface area contributed by atoms with Crippen LogP contribution < -0.4 is 5.73 Å². The van der Waals surface area contributed by atoms with E-state index >= 15 is 0 Å². The second-order valence-corrected chi connectivity index (χ2v) is 4.48. The van der Waals surface area contributed by atoms with Crippen LogP contribution in [0.4, 0.5) is 5.69 Å². The molecule has 0 radical (unpaired) electrons. The number of carbonyl (C=O) groups excluding carboxylic acids is 1. The van der Waals surface area contributed by atoms with E-state index < -0.39 is 0 Å². The van der Waals surface area contributed by atoms with E-state index in [0.29, 0.717) is 6.54 Å². The van der Waals surface area contributed by atoms with Gasteiger partial charge in [-0.1, -0.05) is 12.1 Å². The summed E-state index contributed by atoms with van der Waals surface area (Å²) < 4.78 is 0. The second-order valence-electron chi connectivity index (χ2n) is 4.48. The molecule has 1 aromatic rings. The Morgan fingerprint density at radius 3 is 2.22 bits per heavy atom. The van der Waals surface area contributed by atoms with Crippen molar-refractivity contribution in [2.24, 2.45) is 0 Å². The molecule has 18 heavy (non-hydrogen) atoms. The highest BCUT2D eigenvalue weighted by Crippen LogP contribution is 2.07. The van der Waals surface area contributed by atoms with E-state index in [4.69, 9.17) is 5.73 Å². The topological polar surface area (TPSA) is 49.6 Å². The van der Waals surface area contributed by atoms with E-state index in [2.05, 4.69) is 0 Å². The minimum atomic E-state index is 0.179. The Morgan fingerprint density at radius 1 is 1.17 bits per heavy atom. The van der Waals surface area contributed by atoms with E-state index in [1.165, 1.54) is 5.56 Å². The Morgan fingerprint density at radius 2 is 1.72 bits per heavy atom. The van der Waals surface area contributed by atoms with Crippen LogP contribution in [0, 0.1) is 0 Å². The van der Waals surface area contributed by atoms with Gasteiger partial charge in [0.1, 0.15) is 0 Å². The highest BCUT2D eigenvalue weighted by Gasteiger charge is 2.12. The summed E-state index contributed by atoms with van der Waals surface area (Å²) in [7, 11) is 1.96. The average Bonchev–Trinajstić information content (AvgIpc) is 2.33. The van der Waals surface area contributed by atoms with E-state index in [0.717, 1.165) is 25.3 Å². The molecule has 0 bridgehead atoms. The van der Waals surface area contributed by atoms with Gasteiger partial charge in [0.15, 0.2) is 0 Å². The number of carbonyl (C=O) groups is 1. The van der Waals surface area contributed by atoms with E-state index in [-0.39, 0.29) is 5.91 Å². The van der Waals surface area contributed by atoms with Gasteiger partial charge in [0, 0.05) is 25.3 Å². The summed E-state index contributed by atoms with van der Waals surface area (Å²) in [5.41, 5.74) is 7.57. The van der Waals surface area contributed by atoms with E-state index in [1.807, 2.05) is 55.0 Å². The number of nitrogens with two attached hydrogens (primary N) is 1. The lowest BCUT2D eigenvalue weighted by Gasteiger charge is -2.23. The fourth-order valence-corrected chi connectivity index (χ4v) is 1.90. The Bertz CT molecular complexity index is 371. The van der Waals surface area contributed by atoms with Crippen LogP contribution in [0.15, 0.2) is 24.3 Å². The molecule has 0 atom stereocenters. The molecule has 0 aliphatic rings.